The Balaban J connectivity index is 3.79. The molecule has 84 valence electrons. The third-order valence-electron chi connectivity index (χ3n) is 2.17. The van der Waals surface area contributed by atoms with E-state index in [1.807, 2.05) is 6.92 Å². The van der Waals surface area contributed by atoms with Gasteiger partial charge in [-0.05, 0) is 26.0 Å². The van der Waals surface area contributed by atoms with E-state index in [0.717, 1.165) is 0 Å². The summed E-state index contributed by atoms with van der Waals surface area (Å²) in [7, 11) is 0. The van der Waals surface area contributed by atoms with Crippen LogP contribution in [0, 0.1) is 0 Å². The van der Waals surface area contributed by atoms with Crippen LogP contribution >= 0.6 is 11.8 Å². The minimum atomic E-state index is -1.16. The standard InChI is InChI=1S/C9H19NO3S/c1-6(11)7(2)14-5-4-9(3,10)8(12)13/h6-7,11H,4-5,10H2,1-3H3,(H,12,13). The van der Waals surface area contributed by atoms with Crippen molar-refractivity contribution in [1.82, 2.24) is 0 Å². The topological polar surface area (TPSA) is 83.5 Å². The molecule has 14 heavy (non-hydrogen) atoms. The highest BCUT2D eigenvalue weighted by molar-refractivity contribution is 7.99. The number of carboxylic acid groups (broad SMARTS) is 1. The summed E-state index contributed by atoms with van der Waals surface area (Å²) in [5.74, 6) is -0.339. The zero-order valence-electron chi connectivity index (χ0n) is 8.86. The average Bonchev–Trinajstić information content (AvgIpc) is 2.03. The van der Waals surface area contributed by atoms with Crippen LogP contribution in [0.3, 0.4) is 0 Å². The van der Waals surface area contributed by atoms with Crippen molar-refractivity contribution in [2.75, 3.05) is 5.75 Å². The Kier molecular flexibility index (Phi) is 5.48. The fraction of sp³-hybridized carbons (Fsp3) is 0.889. The van der Waals surface area contributed by atoms with Crippen molar-refractivity contribution >= 4 is 17.7 Å². The van der Waals surface area contributed by atoms with Crippen LogP contribution in [0.5, 0.6) is 0 Å². The van der Waals surface area contributed by atoms with Crippen molar-refractivity contribution < 1.29 is 15.0 Å². The highest BCUT2D eigenvalue weighted by Gasteiger charge is 2.27. The van der Waals surface area contributed by atoms with Gasteiger partial charge in [0, 0.05) is 5.25 Å². The van der Waals surface area contributed by atoms with E-state index < -0.39 is 11.5 Å². The Morgan fingerprint density at radius 1 is 1.57 bits per heavy atom. The molecular formula is C9H19NO3S. The number of carboxylic acids is 1. The van der Waals surface area contributed by atoms with Gasteiger partial charge in [0.1, 0.15) is 5.54 Å². The number of aliphatic carboxylic acids is 1. The number of aliphatic hydroxyl groups excluding tert-OH is 1. The molecular weight excluding hydrogens is 202 g/mol. The van der Waals surface area contributed by atoms with Crippen molar-refractivity contribution in [3.8, 4) is 0 Å². The quantitative estimate of drug-likeness (QED) is 0.614. The van der Waals surface area contributed by atoms with Crippen molar-refractivity contribution in [3.63, 3.8) is 0 Å². The molecule has 3 unspecified atom stereocenters. The molecule has 0 rings (SSSR count). The molecule has 0 saturated carbocycles. The Bertz CT molecular complexity index is 194. The molecule has 0 saturated heterocycles. The predicted molar refractivity (Wildman–Crippen MR) is 58.4 cm³/mol. The van der Waals surface area contributed by atoms with E-state index in [1.54, 1.807) is 6.92 Å². The summed E-state index contributed by atoms with van der Waals surface area (Å²) in [6, 6.07) is 0. The summed E-state index contributed by atoms with van der Waals surface area (Å²) in [4.78, 5) is 10.6. The number of nitrogens with two attached hydrogens (primary N) is 1. The normalized spacial score (nSPS) is 19.8. The summed E-state index contributed by atoms with van der Waals surface area (Å²) in [6.07, 6.45) is 0.0261. The van der Waals surface area contributed by atoms with Gasteiger partial charge in [0.05, 0.1) is 6.10 Å². The minimum absolute atomic E-state index is 0.111. The lowest BCUT2D eigenvalue weighted by atomic mass is 10.0. The molecule has 0 heterocycles. The molecule has 0 amide bonds. The van der Waals surface area contributed by atoms with Gasteiger partial charge in [0.15, 0.2) is 0 Å². The van der Waals surface area contributed by atoms with Gasteiger partial charge in [-0.3, -0.25) is 4.79 Å². The maximum absolute atomic E-state index is 10.6. The molecule has 0 aliphatic heterocycles. The summed E-state index contributed by atoms with van der Waals surface area (Å²) in [5.41, 5.74) is 4.39. The second-order valence-corrected chi connectivity index (χ2v) is 5.27. The van der Waals surface area contributed by atoms with Crippen LogP contribution in [0.15, 0.2) is 0 Å². The second-order valence-electron chi connectivity index (χ2n) is 3.79. The Morgan fingerprint density at radius 3 is 2.43 bits per heavy atom. The van der Waals surface area contributed by atoms with Crippen LogP contribution in [0.4, 0.5) is 0 Å². The first-order valence-corrected chi connectivity index (χ1v) is 5.64. The van der Waals surface area contributed by atoms with Gasteiger partial charge in [0.2, 0.25) is 0 Å². The van der Waals surface area contributed by atoms with E-state index in [-0.39, 0.29) is 11.4 Å². The lowest BCUT2D eigenvalue weighted by molar-refractivity contribution is -0.142. The van der Waals surface area contributed by atoms with Crippen molar-refractivity contribution in [2.24, 2.45) is 5.73 Å². The van der Waals surface area contributed by atoms with Crippen LogP contribution in [-0.2, 0) is 4.79 Å². The maximum atomic E-state index is 10.6. The number of thioether (sulfide) groups is 1. The highest BCUT2D eigenvalue weighted by atomic mass is 32.2. The first kappa shape index (κ1) is 13.7. The first-order chi connectivity index (χ1) is 6.27. The van der Waals surface area contributed by atoms with Gasteiger partial charge in [-0.2, -0.15) is 11.8 Å². The van der Waals surface area contributed by atoms with E-state index in [1.165, 1.54) is 18.7 Å². The van der Waals surface area contributed by atoms with Gasteiger partial charge in [-0.15, -0.1) is 0 Å². The number of hydrogen-bond acceptors (Lipinski definition) is 4. The van der Waals surface area contributed by atoms with Crippen LogP contribution in [0.25, 0.3) is 0 Å². The molecule has 0 aromatic rings. The van der Waals surface area contributed by atoms with Crippen molar-refractivity contribution in [3.05, 3.63) is 0 Å². The number of hydrogen-bond donors (Lipinski definition) is 3. The number of carbonyl (C=O) groups is 1. The molecule has 4 N–H and O–H groups in total. The zero-order chi connectivity index (χ0) is 11.4. The van der Waals surface area contributed by atoms with E-state index in [9.17, 15) is 9.90 Å². The minimum Gasteiger partial charge on any atom is -0.480 e. The van der Waals surface area contributed by atoms with Gasteiger partial charge in [0.25, 0.3) is 0 Å². The molecule has 3 atom stereocenters. The van der Waals surface area contributed by atoms with Crippen LogP contribution in [-0.4, -0.2) is 38.8 Å². The SMILES string of the molecule is CC(O)C(C)SCCC(C)(N)C(=O)O. The molecule has 4 nitrogen and oxygen atoms in total. The fourth-order valence-corrected chi connectivity index (χ4v) is 1.90. The number of rotatable bonds is 6. The Hall–Kier alpha value is -0.260. The molecule has 0 aromatic heterocycles. The third kappa shape index (κ3) is 4.83. The second kappa shape index (κ2) is 5.58. The first-order valence-electron chi connectivity index (χ1n) is 4.59. The Morgan fingerprint density at radius 2 is 2.07 bits per heavy atom. The summed E-state index contributed by atoms with van der Waals surface area (Å²) in [5, 5.41) is 18.0. The molecule has 0 radical (unpaired) electrons. The van der Waals surface area contributed by atoms with Crippen LogP contribution in [0.2, 0.25) is 0 Å². The lowest BCUT2D eigenvalue weighted by Crippen LogP contribution is -2.45. The van der Waals surface area contributed by atoms with Crippen LogP contribution in [0.1, 0.15) is 27.2 Å². The largest absolute Gasteiger partial charge is 0.480 e. The van der Waals surface area contributed by atoms with E-state index in [4.69, 9.17) is 10.8 Å². The van der Waals surface area contributed by atoms with E-state index in [0.29, 0.717) is 12.2 Å². The highest BCUT2D eigenvalue weighted by Crippen LogP contribution is 2.18. The van der Waals surface area contributed by atoms with Gasteiger partial charge < -0.3 is 15.9 Å². The van der Waals surface area contributed by atoms with E-state index >= 15 is 0 Å². The van der Waals surface area contributed by atoms with E-state index in [2.05, 4.69) is 0 Å². The van der Waals surface area contributed by atoms with Gasteiger partial charge in [-0.25, -0.2) is 0 Å². The van der Waals surface area contributed by atoms with Gasteiger partial charge in [-0.1, -0.05) is 6.92 Å². The monoisotopic (exact) mass is 221 g/mol. The van der Waals surface area contributed by atoms with Crippen LogP contribution < -0.4 is 5.73 Å². The third-order valence-corrected chi connectivity index (χ3v) is 3.53. The Labute approximate surface area is 88.9 Å². The summed E-state index contributed by atoms with van der Waals surface area (Å²) < 4.78 is 0. The predicted octanol–water partition coefficient (Wildman–Crippen LogP) is 0.681. The fourth-order valence-electron chi connectivity index (χ4n) is 0.703. The molecule has 0 aliphatic rings. The summed E-state index contributed by atoms with van der Waals surface area (Å²) >= 11 is 1.54. The molecule has 0 aromatic carbocycles. The zero-order valence-corrected chi connectivity index (χ0v) is 9.67. The summed E-state index contributed by atoms with van der Waals surface area (Å²) in [6.45, 7) is 5.13. The average molecular weight is 221 g/mol. The molecule has 5 heteroatoms. The maximum Gasteiger partial charge on any atom is 0.323 e. The number of aliphatic hydroxyl groups is 1. The molecule has 0 spiro atoms. The van der Waals surface area contributed by atoms with Gasteiger partial charge >= 0.3 is 5.97 Å². The molecule has 0 aliphatic carbocycles. The van der Waals surface area contributed by atoms with Crippen molar-refractivity contribution in [2.45, 2.75) is 44.1 Å². The molecule has 0 bridgehead atoms. The lowest BCUT2D eigenvalue weighted by Gasteiger charge is -2.20. The smallest absolute Gasteiger partial charge is 0.323 e. The van der Waals surface area contributed by atoms with Crippen molar-refractivity contribution in [1.29, 1.82) is 0 Å². The molecule has 0 fully saturated rings.